The Morgan fingerprint density at radius 3 is 2.64 bits per heavy atom. The molecule has 0 aliphatic carbocycles. The van der Waals surface area contributed by atoms with E-state index in [0.717, 1.165) is 5.56 Å². The van der Waals surface area contributed by atoms with Crippen molar-refractivity contribution in [3.05, 3.63) is 35.9 Å². The van der Waals surface area contributed by atoms with Gasteiger partial charge in [-0.05, 0) is 0 Å². The lowest BCUT2D eigenvalue weighted by Gasteiger charge is -2.46. The second-order valence-corrected chi connectivity index (χ2v) is 5.46. The van der Waals surface area contributed by atoms with E-state index in [9.17, 15) is 15.0 Å². The smallest absolute Gasteiger partial charge is 0.217 e. The van der Waals surface area contributed by atoms with E-state index in [1.54, 1.807) is 0 Å². The molecule has 0 spiro atoms. The average Bonchev–Trinajstić information content (AvgIpc) is 2.52. The fourth-order valence-electron chi connectivity index (χ4n) is 2.78. The van der Waals surface area contributed by atoms with E-state index in [0.29, 0.717) is 0 Å². The quantitative estimate of drug-likeness (QED) is 0.693. The normalized spacial score (nSPS) is 38.1. The van der Waals surface area contributed by atoms with Gasteiger partial charge in [-0.1, -0.05) is 30.3 Å². The van der Waals surface area contributed by atoms with Crippen molar-refractivity contribution in [2.24, 2.45) is 0 Å². The van der Waals surface area contributed by atoms with E-state index in [-0.39, 0.29) is 12.5 Å². The molecule has 1 aromatic rings. The fraction of sp³-hybridized carbons (Fsp3) is 0.533. The van der Waals surface area contributed by atoms with Gasteiger partial charge in [0.05, 0.1) is 6.61 Å². The molecule has 7 heteroatoms. The summed E-state index contributed by atoms with van der Waals surface area (Å²) in [5.41, 5.74) is 0.829. The van der Waals surface area contributed by atoms with Gasteiger partial charge in [0.15, 0.2) is 12.6 Å². The summed E-state index contributed by atoms with van der Waals surface area (Å²) in [4.78, 5) is 11.2. The van der Waals surface area contributed by atoms with Crippen LogP contribution in [0, 0.1) is 0 Å². The molecule has 120 valence electrons. The van der Waals surface area contributed by atoms with Gasteiger partial charge < -0.3 is 29.7 Å². The van der Waals surface area contributed by atoms with Crippen LogP contribution in [0.3, 0.4) is 0 Å². The third-order valence-electron chi connectivity index (χ3n) is 3.83. The fourth-order valence-corrected chi connectivity index (χ4v) is 2.78. The van der Waals surface area contributed by atoms with Gasteiger partial charge in [0.2, 0.25) is 5.91 Å². The highest BCUT2D eigenvalue weighted by molar-refractivity contribution is 5.73. The number of rotatable bonds is 2. The highest BCUT2D eigenvalue weighted by Gasteiger charge is 2.49. The van der Waals surface area contributed by atoms with Gasteiger partial charge >= 0.3 is 0 Å². The monoisotopic (exact) mass is 309 g/mol. The molecule has 1 aromatic carbocycles. The predicted octanol–water partition coefficient (Wildman–Crippen LogP) is -0.317. The number of hydrogen-bond acceptors (Lipinski definition) is 6. The second kappa shape index (κ2) is 6.31. The summed E-state index contributed by atoms with van der Waals surface area (Å²) in [7, 11) is 0. The molecule has 0 aromatic heterocycles. The van der Waals surface area contributed by atoms with Gasteiger partial charge in [-0.15, -0.1) is 0 Å². The van der Waals surface area contributed by atoms with Crippen LogP contribution < -0.4 is 5.32 Å². The van der Waals surface area contributed by atoms with E-state index >= 15 is 0 Å². The van der Waals surface area contributed by atoms with Crippen molar-refractivity contribution < 1.29 is 29.2 Å². The largest absolute Gasteiger partial charge is 0.388 e. The molecule has 2 unspecified atom stereocenters. The number of ether oxygens (including phenoxy) is 3. The lowest BCUT2D eigenvalue weighted by Crippen LogP contribution is -2.66. The molecule has 2 saturated heterocycles. The molecule has 6 atom stereocenters. The average molecular weight is 309 g/mol. The highest BCUT2D eigenvalue weighted by atomic mass is 16.7. The first-order chi connectivity index (χ1) is 10.6. The van der Waals surface area contributed by atoms with Gasteiger partial charge in [-0.3, -0.25) is 4.79 Å². The Balaban J connectivity index is 1.75. The van der Waals surface area contributed by atoms with Crippen molar-refractivity contribution in [3.63, 3.8) is 0 Å². The minimum atomic E-state index is -1.30. The van der Waals surface area contributed by atoms with E-state index in [4.69, 9.17) is 14.2 Å². The standard InChI is InChI=1S/C15H19NO6/c1-8(17)16-11-12(18)13-10(21-14(11)19)7-20-15(22-13)9-5-3-2-4-6-9/h2-6,10-15,18-19H,7H2,1H3,(H,16,17)/t10-,11-,12-,13-,14?,15?/m1/s1. The molecule has 22 heavy (non-hydrogen) atoms. The lowest BCUT2D eigenvalue weighted by molar-refractivity contribution is -0.337. The summed E-state index contributed by atoms with van der Waals surface area (Å²) in [6, 6.07) is 8.41. The number of nitrogens with one attached hydrogen (secondary N) is 1. The molecular weight excluding hydrogens is 290 g/mol. The molecule has 2 heterocycles. The number of aliphatic hydroxyl groups excluding tert-OH is 2. The number of carbonyl (C=O) groups is 1. The van der Waals surface area contributed by atoms with Gasteiger partial charge in [0.25, 0.3) is 0 Å². The Labute approximate surface area is 127 Å². The minimum Gasteiger partial charge on any atom is -0.388 e. The number of hydrogen-bond donors (Lipinski definition) is 3. The second-order valence-electron chi connectivity index (χ2n) is 5.46. The molecule has 0 radical (unpaired) electrons. The topological polar surface area (TPSA) is 97.3 Å². The summed E-state index contributed by atoms with van der Waals surface area (Å²) in [5, 5.41) is 22.8. The summed E-state index contributed by atoms with van der Waals surface area (Å²) < 4.78 is 16.8. The number of aliphatic hydroxyl groups is 2. The summed E-state index contributed by atoms with van der Waals surface area (Å²) >= 11 is 0. The third-order valence-corrected chi connectivity index (χ3v) is 3.83. The molecular formula is C15H19NO6. The van der Waals surface area contributed by atoms with Crippen molar-refractivity contribution in [1.82, 2.24) is 5.32 Å². The Hall–Kier alpha value is -1.51. The van der Waals surface area contributed by atoms with E-state index in [1.807, 2.05) is 30.3 Å². The third kappa shape index (κ3) is 2.99. The summed E-state index contributed by atoms with van der Waals surface area (Å²) in [6.07, 6.45) is -4.29. The van der Waals surface area contributed by atoms with Crippen LogP contribution in [0.15, 0.2) is 30.3 Å². The maximum atomic E-state index is 11.2. The molecule has 0 bridgehead atoms. The van der Waals surface area contributed by atoms with E-state index in [2.05, 4.69) is 5.32 Å². The molecule has 1 amide bonds. The molecule has 0 saturated carbocycles. The molecule has 7 nitrogen and oxygen atoms in total. The maximum Gasteiger partial charge on any atom is 0.217 e. The number of fused-ring (bicyclic) bond motifs is 1. The Morgan fingerprint density at radius 2 is 1.95 bits per heavy atom. The van der Waals surface area contributed by atoms with Gasteiger partial charge in [0, 0.05) is 12.5 Å². The van der Waals surface area contributed by atoms with Crippen molar-refractivity contribution in [2.45, 2.75) is 43.9 Å². The number of benzene rings is 1. The molecule has 2 fully saturated rings. The van der Waals surface area contributed by atoms with Crippen LogP contribution in [-0.4, -0.2) is 53.4 Å². The van der Waals surface area contributed by atoms with Crippen molar-refractivity contribution in [1.29, 1.82) is 0 Å². The van der Waals surface area contributed by atoms with Crippen molar-refractivity contribution in [2.75, 3.05) is 6.61 Å². The van der Waals surface area contributed by atoms with E-state index in [1.165, 1.54) is 6.92 Å². The predicted molar refractivity (Wildman–Crippen MR) is 74.5 cm³/mol. The molecule has 2 aliphatic heterocycles. The van der Waals surface area contributed by atoms with Crippen molar-refractivity contribution in [3.8, 4) is 0 Å². The summed E-state index contributed by atoms with van der Waals surface area (Å²) in [5.74, 6) is -0.364. The Morgan fingerprint density at radius 1 is 1.23 bits per heavy atom. The van der Waals surface area contributed by atoms with Crippen LogP contribution in [0.25, 0.3) is 0 Å². The zero-order valence-electron chi connectivity index (χ0n) is 12.1. The SMILES string of the molecule is CC(=O)N[C@H]1C(O)O[C@@H]2COC(c3ccccc3)O[C@H]2[C@@H]1O. The Bertz CT molecular complexity index is 524. The molecule has 2 aliphatic rings. The number of carbonyl (C=O) groups excluding carboxylic acids is 1. The van der Waals surface area contributed by atoms with Crippen LogP contribution in [-0.2, 0) is 19.0 Å². The lowest BCUT2D eigenvalue weighted by atomic mass is 9.96. The van der Waals surface area contributed by atoms with Crippen LogP contribution in [0.5, 0.6) is 0 Å². The van der Waals surface area contributed by atoms with Crippen LogP contribution in [0.1, 0.15) is 18.8 Å². The zero-order valence-corrected chi connectivity index (χ0v) is 12.1. The van der Waals surface area contributed by atoms with Gasteiger partial charge in [-0.2, -0.15) is 0 Å². The highest BCUT2D eigenvalue weighted by Crippen LogP contribution is 2.33. The first kappa shape index (κ1) is 15.4. The first-order valence-corrected chi connectivity index (χ1v) is 7.17. The molecule has 3 N–H and O–H groups in total. The molecule has 3 rings (SSSR count). The zero-order chi connectivity index (χ0) is 15.7. The maximum absolute atomic E-state index is 11.2. The number of amides is 1. The van der Waals surface area contributed by atoms with Crippen LogP contribution in [0.2, 0.25) is 0 Å². The summed E-state index contributed by atoms with van der Waals surface area (Å²) in [6.45, 7) is 1.49. The van der Waals surface area contributed by atoms with Gasteiger partial charge in [-0.25, -0.2) is 0 Å². The van der Waals surface area contributed by atoms with Crippen LogP contribution >= 0.6 is 0 Å². The van der Waals surface area contributed by atoms with Gasteiger partial charge in [0.1, 0.15) is 24.4 Å². The first-order valence-electron chi connectivity index (χ1n) is 7.17. The van der Waals surface area contributed by atoms with Crippen molar-refractivity contribution >= 4 is 5.91 Å². The van der Waals surface area contributed by atoms with E-state index < -0.39 is 36.9 Å². The van der Waals surface area contributed by atoms with Crippen LogP contribution in [0.4, 0.5) is 0 Å². The Kier molecular flexibility index (Phi) is 4.42. The minimum absolute atomic E-state index is 0.186.